The van der Waals surface area contributed by atoms with Crippen LogP contribution in [0.25, 0.3) is 20.4 Å². The number of H-pyrrole nitrogens is 1. The summed E-state index contributed by atoms with van der Waals surface area (Å²) in [7, 11) is 0. The van der Waals surface area contributed by atoms with Gasteiger partial charge in [-0.2, -0.15) is 0 Å². The molecule has 0 fully saturated rings. The Kier molecular flexibility index (Phi) is 4.72. The van der Waals surface area contributed by atoms with E-state index in [1.807, 2.05) is 0 Å². The van der Waals surface area contributed by atoms with Crippen LogP contribution in [0.1, 0.15) is 41.4 Å². The summed E-state index contributed by atoms with van der Waals surface area (Å²) >= 11 is 5.02. The standard InChI is InChI=1S/C20H20N4OS3/c1-3-11-7-13-18(21-9-22-19(13)27-11)26-8-15-23-17(25)16-12-5-4-10(2)6-14(12)28-20(16)24-15/h7,9-10H,3-6,8H2,1-2H3,(H,23,24,25)/t10-/m1/s1. The van der Waals surface area contributed by atoms with E-state index in [4.69, 9.17) is 4.98 Å². The van der Waals surface area contributed by atoms with Gasteiger partial charge >= 0.3 is 0 Å². The van der Waals surface area contributed by atoms with E-state index in [0.717, 1.165) is 51.1 Å². The Bertz CT molecular complexity index is 1240. The van der Waals surface area contributed by atoms with Crippen LogP contribution >= 0.6 is 34.4 Å². The number of thiophene rings is 2. The van der Waals surface area contributed by atoms with Crippen LogP contribution in [-0.2, 0) is 25.0 Å². The second-order valence-electron chi connectivity index (χ2n) is 7.30. The van der Waals surface area contributed by atoms with Crippen molar-refractivity contribution < 1.29 is 0 Å². The molecule has 1 aliphatic rings. The minimum Gasteiger partial charge on any atom is -0.309 e. The Morgan fingerprint density at radius 1 is 1.29 bits per heavy atom. The molecule has 28 heavy (non-hydrogen) atoms. The molecule has 0 bridgehead atoms. The lowest BCUT2D eigenvalue weighted by atomic mass is 9.89. The number of aromatic amines is 1. The number of hydrogen-bond donors (Lipinski definition) is 1. The van der Waals surface area contributed by atoms with Gasteiger partial charge in [0, 0.05) is 15.1 Å². The quantitative estimate of drug-likeness (QED) is 0.367. The van der Waals surface area contributed by atoms with Crippen LogP contribution in [0.2, 0.25) is 0 Å². The molecule has 1 atom stereocenters. The number of nitrogens with one attached hydrogen (secondary N) is 1. The maximum atomic E-state index is 12.8. The highest BCUT2D eigenvalue weighted by molar-refractivity contribution is 7.98. The molecule has 4 aromatic rings. The fraction of sp³-hybridized carbons (Fsp3) is 0.400. The van der Waals surface area contributed by atoms with Gasteiger partial charge < -0.3 is 4.98 Å². The molecular weight excluding hydrogens is 408 g/mol. The van der Waals surface area contributed by atoms with Crippen LogP contribution in [0.15, 0.2) is 22.2 Å². The summed E-state index contributed by atoms with van der Waals surface area (Å²) in [4.78, 5) is 34.0. The molecule has 1 N–H and O–H groups in total. The van der Waals surface area contributed by atoms with Gasteiger partial charge in [-0.3, -0.25) is 4.79 Å². The summed E-state index contributed by atoms with van der Waals surface area (Å²) in [6, 6.07) is 2.18. The molecule has 0 radical (unpaired) electrons. The summed E-state index contributed by atoms with van der Waals surface area (Å²) in [5.74, 6) is 1.99. The normalized spacial score (nSPS) is 16.7. The molecule has 144 valence electrons. The summed E-state index contributed by atoms with van der Waals surface area (Å²) in [6.07, 6.45) is 5.83. The van der Waals surface area contributed by atoms with E-state index in [1.54, 1.807) is 40.8 Å². The van der Waals surface area contributed by atoms with Gasteiger partial charge in [-0.15, -0.1) is 22.7 Å². The Labute approximate surface area is 174 Å². The van der Waals surface area contributed by atoms with E-state index in [2.05, 4.69) is 34.9 Å². The van der Waals surface area contributed by atoms with Crippen molar-refractivity contribution in [3.63, 3.8) is 0 Å². The van der Waals surface area contributed by atoms with Gasteiger partial charge in [0.05, 0.1) is 11.1 Å². The van der Waals surface area contributed by atoms with Gasteiger partial charge in [-0.25, -0.2) is 15.0 Å². The first-order chi connectivity index (χ1) is 13.6. The van der Waals surface area contributed by atoms with Crippen LogP contribution in [0.3, 0.4) is 0 Å². The Morgan fingerprint density at radius 3 is 3.04 bits per heavy atom. The third-order valence-electron chi connectivity index (χ3n) is 5.25. The molecule has 0 aliphatic heterocycles. The highest BCUT2D eigenvalue weighted by Gasteiger charge is 2.23. The van der Waals surface area contributed by atoms with Crippen molar-refractivity contribution in [3.05, 3.63) is 43.9 Å². The van der Waals surface area contributed by atoms with Gasteiger partial charge in [0.25, 0.3) is 5.56 Å². The van der Waals surface area contributed by atoms with E-state index in [9.17, 15) is 4.79 Å². The Balaban J connectivity index is 1.46. The first-order valence-electron chi connectivity index (χ1n) is 9.52. The lowest BCUT2D eigenvalue weighted by molar-refractivity contribution is 0.509. The average Bonchev–Trinajstić information content (AvgIpc) is 3.26. The van der Waals surface area contributed by atoms with E-state index in [-0.39, 0.29) is 5.56 Å². The average molecular weight is 429 g/mol. The lowest BCUT2D eigenvalue weighted by Crippen LogP contribution is -2.14. The zero-order chi connectivity index (χ0) is 19.3. The van der Waals surface area contributed by atoms with Gasteiger partial charge in [-0.05, 0) is 43.2 Å². The molecule has 0 aromatic carbocycles. The van der Waals surface area contributed by atoms with Crippen molar-refractivity contribution in [3.8, 4) is 0 Å². The molecule has 0 saturated heterocycles. The minimum absolute atomic E-state index is 0.00397. The SMILES string of the molecule is CCc1cc2c(SCc3nc4sc5c(c4c(=O)[nH]3)CC[C@@H](C)C5)ncnc2s1. The molecule has 0 spiro atoms. The predicted molar refractivity (Wildman–Crippen MR) is 118 cm³/mol. The lowest BCUT2D eigenvalue weighted by Gasteiger charge is -2.17. The number of hydrogen-bond acceptors (Lipinski definition) is 7. The van der Waals surface area contributed by atoms with Crippen molar-refractivity contribution in [1.29, 1.82) is 0 Å². The Hall–Kier alpha value is -1.77. The summed E-state index contributed by atoms with van der Waals surface area (Å²) in [5, 5.41) is 2.86. The number of aryl methyl sites for hydroxylation is 2. The zero-order valence-electron chi connectivity index (χ0n) is 15.7. The third kappa shape index (κ3) is 3.17. The van der Waals surface area contributed by atoms with Crippen molar-refractivity contribution in [1.82, 2.24) is 19.9 Å². The molecule has 5 rings (SSSR count). The number of fused-ring (bicyclic) bond motifs is 4. The van der Waals surface area contributed by atoms with Crippen molar-refractivity contribution in [2.45, 2.75) is 50.3 Å². The number of nitrogens with zero attached hydrogens (tertiary/aromatic N) is 3. The maximum Gasteiger partial charge on any atom is 0.259 e. The smallest absolute Gasteiger partial charge is 0.259 e. The van der Waals surface area contributed by atoms with Gasteiger partial charge in [-0.1, -0.05) is 25.6 Å². The molecule has 0 unspecified atom stereocenters. The number of aromatic nitrogens is 4. The maximum absolute atomic E-state index is 12.8. The van der Waals surface area contributed by atoms with E-state index >= 15 is 0 Å². The largest absolute Gasteiger partial charge is 0.309 e. The van der Waals surface area contributed by atoms with Gasteiger partial charge in [0.1, 0.15) is 26.8 Å². The van der Waals surface area contributed by atoms with Crippen molar-refractivity contribution >= 4 is 54.9 Å². The fourth-order valence-electron chi connectivity index (χ4n) is 3.77. The second-order valence-corrected chi connectivity index (χ2v) is 10.5. The van der Waals surface area contributed by atoms with E-state index < -0.39 is 0 Å². The molecule has 0 amide bonds. The zero-order valence-corrected chi connectivity index (χ0v) is 18.2. The molecular formula is C20H20N4OS3. The van der Waals surface area contributed by atoms with Crippen LogP contribution in [-0.4, -0.2) is 19.9 Å². The molecule has 5 nitrogen and oxygen atoms in total. The topological polar surface area (TPSA) is 71.5 Å². The molecule has 4 heterocycles. The Morgan fingerprint density at radius 2 is 2.18 bits per heavy atom. The highest BCUT2D eigenvalue weighted by Crippen LogP contribution is 2.36. The van der Waals surface area contributed by atoms with E-state index in [0.29, 0.717) is 17.5 Å². The predicted octanol–water partition coefficient (Wildman–Crippen LogP) is 4.97. The third-order valence-corrected chi connectivity index (χ3v) is 8.60. The second kappa shape index (κ2) is 7.24. The first kappa shape index (κ1) is 18.3. The molecule has 1 aliphatic carbocycles. The van der Waals surface area contributed by atoms with Crippen LogP contribution in [0.4, 0.5) is 0 Å². The monoisotopic (exact) mass is 428 g/mol. The van der Waals surface area contributed by atoms with Crippen LogP contribution in [0.5, 0.6) is 0 Å². The van der Waals surface area contributed by atoms with Gasteiger partial charge in [0.2, 0.25) is 0 Å². The number of thioether (sulfide) groups is 1. The van der Waals surface area contributed by atoms with Gasteiger partial charge in [0.15, 0.2) is 0 Å². The van der Waals surface area contributed by atoms with Crippen LogP contribution < -0.4 is 5.56 Å². The molecule has 8 heteroatoms. The molecule has 0 saturated carbocycles. The van der Waals surface area contributed by atoms with Crippen LogP contribution in [0, 0.1) is 5.92 Å². The fourth-order valence-corrected chi connectivity index (χ4v) is 7.02. The van der Waals surface area contributed by atoms with E-state index in [1.165, 1.54) is 15.3 Å². The summed E-state index contributed by atoms with van der Waals surface area (Å²) in [5.41, 5.74) is 1.23. The van der Waals surface area contributed by atoms with Crippen molar-refractivity contribution in [2.75, 3.05) is 0 Å². The summed E-state index contributed by atoms with van der Waals surface area (Å²) < 4.78 is 0. The number of rotatable bonds is 4. The summed E-state index contributed by atoms with van der Waals surface area (Å²) in [6.45, 7) is 4.43. The highest BCUT2D eigenvalue weighted by atomic mass is 32.2. The minimum atomic E-state index is 0.00397. The van der Waals surface area contributed by atoms with Crippen molar-refractivity contribution in [2.24, 2.45) is 5.92 Å². The molecule has 4 aromatic heterocycles. The first-order valence-corrected chi connectivity index (χ1v) is 12.1.